The first-order valence-electron chi connectivity index (χ1n) is 11.4. The number of likely N-dealkylation sites (tertiary alicyclic amines) is 1. The Bertz CT molecular complexity index is 1170. The van der Waals surface area contributed by atoms with Crippen molar-refractivity contribution in [2.75, 3.05) is 25.0 Å². The van der Waals surface area contributed by atoms with Gasteiger partial charge in [-0.3, -0.25) is 14.5 Å². The van der Waals surface area contributed by atoms with Crippen molar-refractivity contribution in [3.63, 3.8) is 0 Å². The Morgan fingerprint density at radius 1 is 1.06 bits per heavy atom. The number of primary amides is 1. The molecule has 3 aromatic rings. The summed E-state index contributed by atoms with van der Waals surface area (Å²) < 4.78 is 1.77. The Morgan fingerprint density at radius 3 is 2.52 bits per heavy atom. The van der Waals surface area contributed by atoms with Gasteiger partial charge in [-0.15, -0.1) is 0 Å². The summed E-state index contributed by atoms with van der Waals surface area (Å²) in [6, 6.07) is 16.0. The summed E-state index contributed by atoms with van der Waals surface area (Å²) in [6.45, 7) is 7.78. The third kappa shape index (κ3) is 5.14. The number of anilines is 1. The highest BCUT2D eigenvalue weighted by atomic mass is 16.2. The molecule has 0 unspecified atom stereocenters. The van der Waals surface area contributed by atoms with Gasteiger partial charge in [0.15, 0.2) is 0 Å². The normalized spacial score (nSPS) is 16.5. The number of nitrogens with two attached hydrogens (primary N) is 1. The number of hydrogen-bond acceptors (Lipinski definition) is 4. The molecule has 0 bridgehead atoms. The summed E-state index contributed by atoms with van der Waals surface area (Å²) in [4.78, 5) is 26.5. The van der Waals surface area contributed by atoms with Crippen LogP contribution in [0.4, 0.5) is 5.82 Å². The van der Waals surface area contributed by atoms with Crippen LogP contribution in [-0.4, -0.2) is 46.1 Å². The van der Waals surface area contributed by atoms with E-state index in [-0.39, 0.29) is 24.3 Å². The Morgan fingerprint density at radius 2 is 1.79 bits per heavy atom. The quantitative estimate of drug-likeness (QED) is 0.606. The van der Waals surface area contributed by atoms with Crippen molar-refractivity contribution in [1.29, 1.82) is 0 Å². The molecule has 0 saturated carbocycles. The van der Waals surface area contributed by atoms with Crippen LogP contribution in [0.25, 0.3) is 16.9 Å². The van der Waals surface area contributed by atoms with E-state index in [1.165, 1.54) is 11.1 Å². The number of hydrogen-bond donors (Lipinski definition) is 2. The molecule has 33 heavy (non-hydrogen) atoms. The van der Waals surface area contributed by atoms with Crippen LogP contribution in [0.2, 0.25) is 0 Å². The van der Waals surface area contributed by atoms with Gasteiger partial charge < -0.3 is 11.1 Å². The minimum Gasteiger partial charge on any atom is -0.369 e. The van der Waals surface area contributed by atoms with Gasteiger partial charge >= 0.3 is 0 Å². The number of piperidine rings is 1. The topological polar surface area (TPSA) is 93.3 Å². The van der Waals surface area contributed by atoms with Crippen LogP contribution in [-0.2, 0) is 9.59 Å². The maximum Gasteiger partial charge on any atom is 0.239 e. The second-order valence-electron chi connectivity index (χ2n) is 8.94. The number of amides is 2. The fourth-order valence-corrected chi connectivity index (χ4v) is 4.42. The first-order valence-corrected chi connectivity index (χ1v) is 11.4. The van der Waals surface area contributed by atoms with Crippen LogP contribution >= 0.6 is 0 Å². The lowest BCUT2D eigenvalue weighted by molar-refractivity contribution is -0.125. The third-order valence-corrected chi connectivity index (χ3v) is 6.37. The second-order valence-corrected chi connectivity index (χ2v) is 8.94. The summed E-state index contributed by atoms with van der Waals surface area (Å²) >= 11 is 0. The van der Waals surface area contributed by atoms with Gasteiger partial charge in [-0.2, -0.15) is 5.10 Å². The molecule has 2 heterocycles. The molecule has 7 nitrogen and oxygen atoms in total. The molecule has 172 valence electrons. The molecule has 2 aromatic carbocycles. The van der Waals surface area contributed by atoms with Crippen molar-refractivity contribution >= 4 is 17.6 Å². The molecule has 1 saturated heterocycles. The lowest BCUT2D eigenvalue weighted by Gasteiger charge is -2.30. The van der Waals surface area contributed by atoms with E-state index in [4.69, 9.17) is 10.8 Å². The van der Waals surface area contributed by atoms with Gasteiger partial charge in [0.25, 0.3) is 0 Å². The van der Waals surface area contributed by atoms with Gasteiger partial charge in [0, 0.05) is 18.2 Å². The summed E-state index contributed by atoms with van der Waals surface area (Å²) in [6.07, 6.45) is 1.64. The molecule has 2 amide bonds. The molecule has 3 N–H and O–H groups in total. The van der Waals surface area contributed by atoms with E-state index in [1.807, 2.05) is 41.3 Å². The number of rotatable bonds is 6. The molecule has 1 aliphatic heterocycles. The predicted octanol–water partition coefficient (Wildman–Crippen LogP) is 3.60. The molecule has 1 aromatic heterocycles. The number of aromatic nitrogens is 2. The van der Waals surface area contributed by atoms with E-state index in [9.17, 15) is 9.59 Å². The average molecular weight is 446 g/mol. The van der Waals surface area contributed by atoms with Crippen molar-refractivity contribution in [2.24, 2.45) is 11.7 Å². The molecular weight excluding hydrogens is 414 g/mol. The summed E-state index contributed by atoms with van der Waals surface area (Å²) in [5.41, 5.74) is 11.8. The van der Waals surface area contributed by atoms with E-state index in [0.29, 0.717) is 12.4 Å². The van der Waals surface area contributed by atoms with E-state index in [2.05, 4.69) is 38.2 Å². The number of carbonyl (C=O) groups is 2. The van der Waals surface area contributed by atoms with Crippen molar-refractivity contribution in [3.8, 4) is 16.9 Å². The van der Waals surface area contributed by atoms with Crippen molar-refractivity contribution in [2.45, 2.75) is 33.6 Å². The van der Waals surface area contributed by atoms with Gasteiger partial charge in [0.1, 0.15) is 5.82 Å². The maximum atomic E-state index is 12.9. The van der Waals surface area contributed by atoms with Crippen LogP contribution in [0.1, 0.15) is 29.5 Å². The lowest BCUT2D eigenvalue weighted by atomic mass is 9.97. The number of aryl methyl sites for hydroxylation is 3. The Balaban J connectivity index is 1.61. The van der Waals surface area contributed by atoms with E-state index < -0.39 is 0 Å². The zero-order chi connectivity index (χ0) is 23.5. The molecule has 0 aliphatic carbocycles. The minimum atomic E-state index is -0.296. The maximum absolute atomic E-state index is 12.9. The lowest BCUT2D eigenvalue weighted by Crippen LogP contribution is -2.44. The van der Waals surface area contributed by atoms with Crippen molar-refractivity contribution in [3.05, 3.63) is 65.2 Å². The first-order chi connectivity index (χ1) is 15.8. The summed E-state index contributed by atoms with van der Waals surface area (Å²) in [5, 5.41) is 7.88. The van der Waals surface area contributed by atoms with Gasteiger partial charge in [-0.25, -0.2) is 4.68 Å². The zero-order valence-corrected chi connectivity index (χ0v) is 19.5. The fraction of sp³-hybridized carbons (Fsp3) is 0.346. The van der Waals surface area contributed by atoms with Crippen LogP contribution in [0.3, 0.4) is 0 Å². The molecular formula is C26H31N5O2. The Kier molecular flexibility index (Phi) is 6.60. The van der Waals surface area contributed by atoms with Gasteiger partial charge in [-0.1, -0.05) is 24.3 Å². The smallest absolute Gasteiger partial charge is 0.239 e. The van der Waals surface area contributed by atoms with Crippen LogP contribution in [0, 0.1) is 26.7 Å². The second kappa shape index (κ2) is 9.58. The highest BCUT2D eigenvalue weighted by molar-refractivity contribution is 5.92. The highest BCUT2D eigenvalue weighted by Crippen LogP contribution is 2.29. The standard InChI is InChI=1S/C26H31N5O2/c1-17-12-19(3)22(13-18(17)2)23-14-24(31(29-23)21-9-5-4-6-10-21)28-25(32)16-30-11-7-8-20(15-30)26(27)33/h4-6,9-10,12-14,20H,7-8,11,15-16H2,1-3H3,(H2,27,33)(H,28,32)/t20-/m0/s1. The zero-order valence-electron chi connectivity index (χ0n) is 19.5. The number of nitrogens with zero attached hydrogens (tertiary/aromatic N) is 3. The van der Waals surface area contributed by atoms with Crippen LogP contribution in [0.15, 0.2) is 48.5 Å². The number of benzene rings is 2. The minimum absolute atomic E-state index is 0.138. The van der Waals surface area contributed by atoms with Crippen molar-refractivity contribution in [1.82, 2.24) is 14.7 Å². The number of carbonyl (C=O) groups excluding carboxylic acids is 2. The van der Waals surface area contributed by atoms with Crippen LogP contribution < -0.4 is 11.1 Å². The number of nitrogens with one attached hydrogen (secondary N) is 1. The largest absolute Gasteiger partial charge is 0.369 e. The Hall–Kier alpha value is -3.45. The molecule has 1 atom stereocenters. The summed E-state index contributed by atoms with van der Waals surface area (Å²) in [7, 11) is 0. The van der Waals surface area contributed by atoms with Gasteiger partial charge in [-0.05, 0) is 75.0 Å². The van der Waals surface area contributed by atoms with E-state index >= 15 is 0 Å². The monoisotopic (exact) mass is 445 g/mol. The third-order valence-electron chi connectivity index (χ3n) is 6.37. The van der Waals surface area contributed by atoms with Crippen LogP contribution in [0.5, 0.6) is 0 Å². The molecule has 7 heteroatoms. The summed E-state index contributed by atoms with van der Waals surface area (Å²) in [5.74, 6) is -0.0146. The van der Waals surface area contributed by atoms with Gasteiger partial charge in [0.2, 0.25) is 11.8 Å². The van der Waals surface area contributed by atoms with Crippen molar-refractivity contribution < 1.29 is 9.59 Å². The fourth-order valence-electron chi connectivity index (χ4n) is 4.42. The molecule has 1 fully saturated rings. The number of para-hydroxylation sites is 1. The molecule has 1 aliphatic rings. The molecule has 0 radical (unpaired) electrons. The van der Waals surface area contributed by atoms with E-state index in [1.54, 1.807) is 4.68 Å². The van der Waals surface area contributed by atoms with Gasteiger partial charge in [0.05, 0.1) is 23.8 Å². The predicted molar refractivity (Wildman–Crippen MR) is 130 cm³/mol. The molecule has 0 spiro atoms. The highest BCUT2D eigenvalue weighted by Gasteiger charge is 2.25. The van der Waals surface area contributed by atoms with E-state index in [0.717, 1.165) is 41.9 Å². The Labute approximate surface area is 194 Å². The average Bonchev–Trinajstić information content (AvgIpc) is 3.20. The molecule has 4 rings (SSSR count). The first kappa shape index (κ1) is 22.7. The SMILES string of the molecule is Cc1cc(C)c(-c2cc(NC(=O)CN3CCC[C@H](C(N)=O)C3)n(-c3ccccc3)n2)cc1C.